The Hall–Kier alpha value is -3.62. The zero-order valence-electron chi connectivity index (χ0n) is 16.6. The molecule has 1 amide bonds. The van der Waals surface area contributed by atoms with Crippen LogP contribution in [0.1, 0.15) is 24.1 Å². The Morgan fingerprint density at radius 3 is 2.65 bits per heavy atom. The second-order valence-electron chi connectivity index (χ2n) is 7.73. The number of primary amides is 1. The van der Waals surface area contributed by atoms with Crippen LogP contribution in [-0.2, 0) is 16.6 Å². The van der Waals surface area contributed by atoms with Crippen molar-refractivity contribution < 1.29 is 18.7 Å². The Morgan fingerprint density at radius 1 is 1.19 bits per heavy atom. The summed E-state index contributed by atoms with van der Waals surface area (Å²) in [5.74, 6) is -0.661. The third-order valence-corrected chi connectivity index (χ3v) is 5.52. The van der Waals surface area contributed by atoms with Crippen molar-refractivity contribution in [2.45, 2.75) is 30.8 Å². The van der Waals surface area contributed by atoms with E-state index in [0.29, 0.717) is 22.6 Å². The van der Waals surface area contributed by atoms with Gasteiger partial charge in [0.15, 0.2) is 0 Å². The lowest BCUT2D eigenvalue weighted by atomic mass is 9.65. The van der Waals surface area contributed by atoms with Crippen LogP contribution in [0.5, 0.6) is 5.75 Å². The SMILES string of the molecule is NC(=O)Cc1cccc(-c2ccc(NCC3(c4ncccc4F)CC(F)C3)nn2)c1O. The minimum atomic E-state index is -0.993. The molecule has 0 atom stereocenters. The normalized spacial score (nSPS) is 20.1. The van der Waals surface area contributed by atoms with Crippen molar-refractivity contribution >= 4 is 11.7 Å². The summed E-state index contributed by atoms with van der Waals surface area (Å²) in [5.41, 5.74) is 5.94. The molecule has 0 unspecified atom stereocenters. The van der Waals surface area contributed by atoms with E-state index in [2.05, 4.69) is 20.5 Å². The summed E-state index contributed by atoms with van der Waals surface area (Å²) in [6, 6.07) is 11.1. The predicted molar refractivity (Wildman–Crippen MR) is 111 cm³/mol. The van der Waals surface area contributed by atoms with Gasteiger partial charge in [0.1, 0.15) is 23.6 Å². The molecular formula is C22H21F2N5O2. The van der Waals surface area contributed by atoms with E-state index in [-0.39, 0.29) is 37.3 Å². The van der Waals surface area contributed by atoms with Gasteiger partial charge in [0, 0.05) is 29.3 Å². The maximum atomic E-state index is 14.3. The first-order valence-electron chi connectivity index (χ1n) is 9.80. The molecule has 160 valence electrons. The number of nitrogens with zero attached hydrogens (tertiary/aromatic N) is 3. The molecule has 1 saturated carbocycles. The molecule has 9 heteroatoms. The van der Waals surface area contributed by atoms with Gasteiger partial charge in [-0.2, -0.15) is 0 Å². The number of aromatic hydroxyl groups is 1. The Labute approximate surface area is 177 Å². The lowest BCUT2D eigenvalue weighted by molar-refractivity contribution is -0.117. The lowest BCUT2D eigenvalue weighted by Crippen LogP contribution is -2.49. The molecule has 0 saturated heterocycles. The molecule has 2 heterocycles. The second kappa shape index (κ2) is 8.25. The Kier molecular flexibility index (Phi) is 5.50. The maximum absolute atomic E-state index is 14.3. The molecule has 2 aromatic heterocycles. The quantitative estimate of drug-likeness (QED) is 0.536. The average Bonchev–Trinajstić information content (AvgIpc) is 2.72. The maximum Gasteiger partial charge on any atom is 0.221 e. The number of nitrogens with two attached hydrogens (primary N) is 1. The van der Waals surface area contributed by atoms with Crippen LogP contribution in [0.4, 0.5) is 14.6 Å². The molecule has 0 aliphatic heterocycles. The van der Waals surface area contributed by atoms with Gasteiger partial charge < -0.3 is 16.2 Å². The summed E-state index contributed by atoms with van der Waals surface area (Å²) in [6.45, 7) is 0.259. The fourth-order valence-corrected chi connectivity index (χ4v) is 3.94. The smallest absolute Gasteiger partial charge is 0.221 e. The van der Waals surface area contributed by atoms with Crippen molar-refractivity contribution in [1.29, 1.82) is 0 Å². The van der Waals surface area contributed by atoms with E-state index in [1.54, 1.807) is 30.3 Å². The minimum absolute atomic E-state index is 0.0793. The number of phenols is 1. The van der Waals surface area contributed by atoms with E-state index < -0.39 is 23.3 Å². The molecule has 1 aliphatic carbocycles. The molecule has 0 spiro atoms. The number of hydrogen-bond donors (Lipinski definition) is 3. The van der Waals surface area contributed by atoms with Gasteiger partial charge in [-0.15, -0.1) is 10.2 Å². The first kappa shape index (κ1) is 20.6. The monoisotopic (exact) mass is 425 g/mol. The van der Waals surface area contributed by atoms with Crippen molar-refractivity contribution in [2.75, 3.05) is 11.9 Å². The van der Waals surface area contributed by atoms with Gasteiger partial charge in [-0.1, -0.05) is 12.1 Å². The van der Waals surface area contributed by atoms with E-state index in [9.17, 15) is 18.7 Å². The van der Waals surface area contributed by atoms with Crippen LogP contribution in [0.2, 0.25) is 0 Å². The van der Waals surface area contributed by atoms with Crippen molar-refractivity contribution in [3.05, 3.63) is 65.7 Å². The summed E-state index contributed by atoms with van der Waals surface area (Å²) >= 11 is 0. The number of anilines is 1. The van der Waals surface area contributed by atoms with E-state index in [1.165, 1.54) is 18.3 Å². The summed E-state index contributed by atoms with van der Waals surface area (Å²) in [6.07, 6.45) is 0.778. The number of pyridine rings is 1. The standard InChI is InChI=1S/C22H21F2N5O2/c23-14-10-22(11-14,21-16(24)5-2-8-26-21)12-27-19-7-6-17(28-29-19)15-4-1-3-13(20(15)31)9-18(25)30/h1-8,14,31H,9-12H2,(H2,25,30)(H,27,29). The Balaban J connectivity index is 1.51. The van der Waals surface area contributed by atoms with Gasteiger partial charge in [-0.3, -0.25) is 9.78 Å². The zero-order valence-corrected chi connectivity index (χ0v) is 16.6. The number of carbonyl (C=O) groups is 1. The summed E-state index contributed by atoms with van der Waals surface area (Å²) < 4.78 is 27.9. The van der Waals surface area contributed by atoms with Gasteiger partial charge in [0.05, 0.1) is 17.8 Å². The topological polar surface area (TPSA) is 114 Å². The molecule has 3 aromatic rings. The van der Waals surface area contributed by atoms with Crippen LogP contribution in [-0.4, -0.2) is 38.9 Å². The number of benzene rings is 1. The van der Waals surface area contributed by atoms with Gasteiger partial charge in [-0.05, 0) is 43.2 Å². The molecule has 4 rings (SSSR count). The number of phenolic OH excluding ortho intramolecular Hbond substituents is 1. The largest absolute Gasteiger partial charge is 0.507 e. The Morgan fingerprint density at radius 2 is 2.00 bits per heavy atom. The van der Waals surface area contributed by atoms with Crippen LogP contribution in [0.25, 0.3) is 11.3 Å². The number of nitrogens with one attached hydrogen (secondary N) is 1. The summed E-state index contributed by atoms with van der Waals surface area (Å²) in [5, 5.41) is 21.8. The van der Waals surface area contributed by atoms with Crippen molar-refractivity contribution in [3.63, 3.8) is 0 Å². The predicted octanol–water partition coefficient (Wildman–Crippen LogP) is 2.89. The highest BCUT2D eigenvalue weighted by atomic mass is 19.1. The molecule has 1 aliphatic rings. The molecule has 4 N–H and O–H groups in total. The number of rotatable bonds is 7. The first-order chi connectivity index (χ1) is 14.9. The van der Waals surface area contributed by atoms with Crippen LogP contribution >= 0.6 is 0 Å². The third kappa shape index (κ3) is 4.16. The molecule has 0 bridgehead atoms. The van der Waals surface area contributed by atoms with E-state index in [1.807, 2.05) is 0 Å². The number of alkyl halides is 1. The van der Waals surface area contributed by atoms with E-state index in [4.69, 9.17) is 5.73 Å². The molecule has 1 fully saturated rings. The highest BCUT2D eigenvalue weighted by molar-refractivity contribution is 5.79. The number of carbonyl (C=O) groups excluding carboxylic acids is 1. The fourth-order valence-electron chi connectivity index (χ4n) is 3.94. The van der Waals surface area contributed by atoms with Crippen LogP contribution in [0, 0.1) is 5.82 Å². The van der Waals surface area contributed by atoms with E-state index >= 15 is 0 Å². The lowest BCUT2D eigenvalue weighted by Gasteiger charge is -2.44. The van der Waals surface area contributed by atoms with Crippen molar-refractivity contribution in [2.24, 2.45) is 5.73 Å². The number of halogens is 2. The van der Waals surface area contributed by atoms with Crippen molar-refractivity contribution in [3.8, 4) is 17.0 Å². The minimum Gasteiger partial charge on any atom is -0.507 e. The molecular weight excluding hydrogens is 404 g/mol. The van der Waals surface area contributed by atoms with Crippen LogP contribution < -0.4 is 11.1 Å². The summed E-state index contributed by atoms with van der Waals surface area (Å²) in [4.78, 5) is 15.3. The number of hydrogen-bond acceptors (Lipinski definition) is 6. The van der Waals surface area contributed by atoms with Crippen LogP contribution in [0.15, 0.2) is 48.7 Å². The van der Waals surface area contributed by atoms with Gasteiger partial charge in [-0.25, -0.2) is 8.78 Å². The highest BCUT2D eigenvalue weighted by Gasteiger charge is 2.48. The van der Waals surface area contributed by atoms with Gasteiger partial charge >= 0.3 is 0 Å². The number of para-hydroxylation sites is 1. The molecule has 7 nitrogen and oxygen atoms in total. The van der Waals surface area contributed by atoms with Gasteiger partial charge in [0.25, 0.3) is 0 Å². The molecule has 31 heavy (non-hydrogen) atoms. The second-order valence-corrected chi connectivity index (χ2v) is 7.73. The number of aromatic nitrogens is 3. The molecule has 1 aromatic carbocycles. The summed E-state index contributed by atoms with van der Waals surface area (Å²) in [7, 11) is 0. The fraction of sp³-hybridized carbons (Fsp3) is 0.273. The van der Waals surface area contributed by atoms with Gasteiger partial charge in [0.2, 0.25) is 5.91 Å². The average molecular weight is 425 g/mol. The first-order valence-corrected chi connectivity index (χ1v) is 9.80. The third-order valence-electron chi connectivity index (χ3n) is 5.52. The van der Waals surface area contributed by atoms with E-state index in [0.717, 1.165) is 0 Å². The Bertz CT molecular complexity index is 1100. The highest BCUT2D eigenvalue weighted by Crippen LogP contribution is 2.45. The molecule has 0 radical (unpaired) electrons. The number of amides is 1. The van der Waals surface area contributed by atoms with Crippen molar-refractivity contribution in [1.82, 2.24) is 15.2 Å². The zero-order chi connectivity index (χ0) is 22.0. The van der Waals surface area contributed by atoms with Crippen LogP contribution in [0.3, 0.4) is 0 Å².